The Morgan fingerprint density at radius 1 is 1.44 bits per heavy atom. The Hall–Kier alpha value is -1.06. The molecule has 2 rings (SSSR count). The van der Waals surface area contributed by atoms with E-state index in [1.807, 2.05) is 0 Å². The number of hydrogen-bond donors (Lipinski definition) is 2. The molecule has 1 aromatic carbocycles. The van der Waals surface area contributed by atoms with Crippen molar-refractivity contribution in [1.29, 1.82) is 0 Å². The number of fused-ring (bicyclic) bond motifs is 1. The van der Waals surface area contributed by atoms with Crippen LogP contribution in [0.1, 0.15) is 17.5 Å². The van der Waals surface area contributed by atoms with Gasteiger partial charge in [-0.25, -0.2) is 0 Å². The van der Waals surface area contributed by atoms with Crippen molar-refractivity contribution in [3.63, 3.8) is 0 Å². The summed E-state index contributed by atoms with van der Waals surface area (Å²) in [6.45, 7) is 3.40. The number of hydrogen-bond acceptors (Lipinski definition) is 3. The summed E-state index contributed by atoms with van der Waals surface area (Å²) in [6, 6.07) is 6.46. The molecule has 0 fully saturated rings. The third-order valence-electron chi connectivity index (χ3n) is 3.10. The molecule has 0 aliphatic carbocycles. The van der Waals surface area contributed by atoms with Crippen LogP contribution in [0.5, 0.6) is 0 Å². The summed E-state index contributed by atoms with van der Waals surface area (Å²) >= 11 is 0. The van der Waals surface area contributed by atoms with E-state index in [2.05, 4.69) is 30.0 Å². The van der Waals surface area contributed by atoms with Crippen LogP contribution in [0.3, 0.4) is 0 Å². The molecule has 1 aliphatic heterocycles. The molecule has 0 radical (unpaired) electrons. The van der Waals surface area contributed by atoms with Gasteiger partial charge in [-0.1, -0.05) is 12.1 Å². The second kappa shape index (κ2) is 4.85. The Labute approximate surface area is 96.3 Å². The predicted octanol–water partition coefficient (Wildman–Crippen LogP) is 1.10. The van der Waals surface area contributed by atoms with Crippen molar-refractivity contribution >= 4 is 5.69 Å². The Bertz CT molecular complexity index is 365. The molecule has 0 aromatic heterocycles. The Morgan fingerprint density at radius 3 is 3.00 bits per heavy atom. The molecule has 3 heteroatoms. The average molecular weight is 221 g/mol. The molecule has 16 heavy (non-hydrogen) atoms. The summed E-state index contributed by atoms with van der Waals surface area (Å²) < 4.78 is 0. The van der Waals surface area contributed by atoms with Crippen molar-refractivity contribution in [1.82, 2.24) is 0 Å². The monoisotopic (exact) mass is 221 g/mol. The van der Waals surface area contributed by atoms with Crippen LogP contribution < -0.4 is 4.90 Å². The highest BCUT2D eigenvalue weighted by Crippen LogP contribution is 2.28. The highest BCUT2D eigenvalue weighted by atomic mass is 16.3. The number of nitrogens with zero attached hydrogens (tertiary/aromatic N) is 1. The maximum atomic E-state index is 9.51. The van der Waals surface area contributed by atoms with Crippen molar-refractivity contribution in [3.8, 4) is 0 Å². The lowest BCUT2D eigenvalue weighted by molar-refractivity contribution is 0.0996. The van der Waals surface area contributed by atoms with Crippen molar-refractivity contribution in [2.75, 3.05) is 24.6 Å². The second-order valence-electron chi connectivity index (χ2n) is 4.52. The average Bonchev–Trinajstić information content (AvgIpc) is 2.29. The van der Waals surface area contributed by atoms with Crippen LogP contribution in [0, 0.1) is 6.92 Å². The first-order chi connectivity index (χ1) is 7.70. The molecule has 1 heterocycles. The fourth-order valence-electron chi connectivity index (χ4n) is 2.26. The van der Waals surface area contributed by atoms with Crippen molar-refractivity contribution in [2.24, 2.45) is 0 Å². The lowest BCUT2D eigenvalue weighted by atomic mass is 9.99. The van der Waals surface area contributed by atoms with Crippen molar-refractivity contribution in [3.05, 3.63) is 29.3 Å². The van der Waals surface area contributed by atoms with Crippen LogP contribution in [0.15, 0.2) is 18.2 Å². The van der Waals surface area contributed by atoms with Gasteiger partial charge in [0, 0.05) is 18.8 Å². The topological polar surface area (TPSA) is 43.7 Å². The van der Waals surface area contributed by atoms with E-state index in [9.17, 15) is 5.11 Å². The van der Waals surface area contributed by atoms with Gasteiger partial charge in [0.25, 0.3) is 0 Å². The molecule has 1 aliphatic rings. The first-order valence-corrected chi connectivity index (χ1v) is 5.84. The SMILES string of the molecule is Cc1ccc2c(c1)N(CC(O)CO)CCC2. The van der Waals surface area contributed by atoms with Crippen LogP contribution in [-0.2, 0) is 6.42 Å². The van der Waals surface area contributed by atoms with Crippen molar-refractivity contribution < 1.29 is 10.2 Å². The number of benzene rings is 1. The summed E-state index contributed by atoms with van der Waals surface area (Å²) in [4.78, 5) is 2.17. The summed E-state index contributed by atoms with van der Waals surface area (Å²) in [5.41, 5.74) is 3.81. The standard InChI is InChI=1S/C13H19NO2/c1-10-4-5-11-3-2-6-14(13(11)7-10)8-12(16)9-15/h4-5,7,12,15-16H,2-3,6,8-9H2,1H3. The number of aliphatic hydroxyl groups is 2. The van der Waals surface area contributed by atoms with Gasteiger partial charge in [0.05, 0.1) is 12.7 Å². The van der Waals surface area contributed by atoms with Gasteiger partial charge in [0.2, 0.25) is 0 Å². The van der Waals surface area contributed by atoms with Crippen LogP contribution in [0.25, 0.3) is 0 Å². The van der Waals surface area contributed by atoms with Crippen molar-refractivity contribution in [2.45, 2.75) is 25.9 Å². The van der Waals surface area contributed by atoms with Crippen LogP contribution in [-0.4, -0.2) is 36.0 Å². The van der Waals surface area contributed by atoms with Crippen LogP contribution in [0.4, 0.5) is 5.69 Å². The number of aryl methyl sites for hydroxylation is 2. The van der Waals surface area contributed by atoms with Gasteiger partial charge in [0.1, 0.15) is 0 Å². The third kappa shape index (κ3) is 2.36. The Balaban J connectivity index is 2.21. The second-order valence-corrected chi connectivity index (χ2v) is 4.52. The van der Waals surface area contributed by atoms with Gasteiger partial charge in [-0.3, -0.25) is 0 Å². The third-order valence-corrected chi connectivity index (χ3v) is 3.10. The van der Waals surface area contributed by atoms with Crippen LogP contribution >= 0.6 is 0 Å². The predicted molar refractivity (Wildman–Crippen MR) is 64.8 cm³/mol. The van der Waals surface area contributed by atoms with Gasteiger partial charge in [-0.15, -0.1) is 0 Å². The van der Waals surface area contributed by atoms with E-state index in [0.29, 0.717) is 6.54 Å². The van der Waals surface area contributed by atoms with E-state index < -0.39 is 6.10 Å². The first kappa shape index (κ1) is 11.4. The van der Waals surface area contributed by atoms with E-state index in [-0.39, 0.29) is 6.61 Å². The molecule has 88 valence electrons. The van der Waals surface area contributed by atoms with E-state index in [4.69, 9.17) is 5.11 Å². The zero-order valence-corrected chi connectivity index (χ0v) is 9.69. The number of anilines is 1. The van der Waals surface area contributed by atoms with E-state index >= 15 is 0 Å². The molecule has 0 saturated heterocycles. The van der Waals surface area contributed by atoms with Gasteiger partial charge in [-0.2, -0.15) is 0 Å². The van der Waals surface area contributed by atoms with E-state index in [1.54, 1.807) is 0 Å². The van der Waals surface area contributed by atoms with E-state index in [1.165, 1.54) is 16.8 Å². The molecular formula is C13H19NO2. The fraction of sp³-hybridized carbons (Fsp3) is 0.538. The minimum Gasteiger partial charge on any atom is -0.394 e. The Kier molecular flexibility index (Phi) is 3.46. The molecule has 0 amide bonds. The molecule has 0 spiro atoms. The largest absolute Gasteiger partial charge is 0.394 e. The van der Waals surface area contributed by atoms with Crippen LogP contribution in [0.2, 0.25) is 0 Å². The number of rotatable bonds is 3. The fourth-order valence-corrected chi connectivity index (χ4v) is 2.26. The lowest BCUT2D eigenvalue weighted by Gasteiger charge is -2.32. The van der Waals surface area contributed by atoms with Gasteiger partial charge in [0.15, 0.2) is 0 Å². The number of aliphatic hydroxyl groups excluding tert-OH is 2. The maximum absolute atomic E-state index is 9.51. The number of β-amino-alcohol motifs (C(OH)–C–C–N with tert-alkyl or cyclic N) is 1. The molecule has 2 N–H and O–H groups in total. The minimum atomic E-state index is -0.647. The summed E-state index contributed by atoms with van der Waals surface area (Å²) in [6.07, 6.45) is 1.58. The highest BCUT2D eigenvalue weighted by Gasteiger charge is 2.18. The molecular weight excluding hydrogens is 202 g/mol. The first-order valence-electron chi connectivity index (χ1n) is 5.84. The lowest BCUT2D eigenvalue weighted by Crippen LogP contribution is -2.37. The molecule has 1 unspecified atom stereocenters. The quantitative estimate of drug-likeness (QED) is 0.803. The van der Waals surface area contributed by atoms with Gasteiger partial charge < -0.3 is 15.1 Å². The summed E-state index contributed by atoms with van der Waals surface area (Å²) in [5.74, 6) is 0. The summed E-state index contributed by atoms with van der Waals surface area (Å²) in [7, 11) is 0. The molecule has 0 saturated carbocycles. The zero-order chi connectivity index (χ0) is 11.5. The summed E-state index contributed by atoms with van der Waals surface area (Å²) in [5, 5.41) is 18.4. The Morgan fingerprint density at radius 2 is 2.25 bits per heavy atom. The molecule has 0 bridgehead atoms. The van der Waals surface area contributed by atoms with Gasteiger partial charge >= 0.3 is 0 Å². The van der Waals surface area contributed by atoms with E-state index in [0.717, 1.165) is 19.4 Å². The maximum Gasteiger partial charge on any atom is 0.0945 e. The molecule has 3 nitrogen and oxygen atoms in total. The molecule has 1 aromatic rings. The molecule has 1 atom stereocenters. The zero-order valence-electron chi connectivity index (χ0n) is 9.69. The highest BCUT2D eigenvalue weighted by molar-refractivity contribution is 5.57. The minimum absolute atomic E-state index is 0.169. The van der Waals surface area contributed by atoms with Gasteiger partial charge in [-0.05, 0) is 37.0 Å². The normalized spacial score (nSPS) is 17.1. The smallest absolute Gasteiger partial charge is 0.0945 e.